The van der Waals surface area contributed by atoms with Crippen molar-refractivity contribution in [3.05, 3.63) is 33.8 Å². The van der Waals surface area contributed by atoms with Gasteiger partial charge in [-0.1, -0.05) is 25.1 Å². The van der Waals surface area contributed by atoms with Gasteiger partial charge in [0.1, 0.15) is 10.6 Å². The fraction of sp³-hybridized carbons (Fsp3) is 0.533. The first-order valence-electron chi connectivity index (χ1n) is 7.60. The number of nitrogens with one attached hydrogen (secondary N) is 1. The van der Waals surface area contributed by atoms with Crippen LogP contribution in [0.1, 0.15) is 36.2 Å². The lowest BCUT2D eigenvalue weighted by molar-refractivity contribution is 0.223. The molecular formula is C15H23N3O3S2. The first-order valence-corrected chi connectivity index (χ1v) is 9.97. The number of likely N-dealkylation sites (N-methyl/N-ethyl adjacent to an activating group) is 1. The normalized spacial score (nSPS) is 13.6. The summed E-state index contributed by atoms with van der Waals surface area (Å²) in [4.78, 5) is 3.53. The van der Waals surface area contributed by atoms with Crippen molar-refractivity contribution in [1.82, 2.24) is 14.8 Å². The standard InChI is InChI=1S/C15H23N3O3S2/c1-5-18(6-2)13(14-8-7-9-22-14)10-16-23(19,20)15-11(3)17-21-12(15)4/h7-9,13,16H,5-6,10H2,1-4H3. The number of aromatic nitrogens is 1. The number of thiophene rings is 1. The molecule has 0 bridgehead atoms. The van der Waals surface area contributed by atoms with Crippen LogP contribution < -0.4 is 4.72 Å². The van der Waals surface area contributed by atoms with Crippen molar-refractivity contribution in [2.75, 3.05) is 19.6 Å². The van der Waals surface area contributed by atoms with Gasteiger partial charge < -0.3 is 4.52 Å². The molecule has 8 heteroatoms. The molecule has 2 rings (SSSR count). The minimum atomic E-state index is -3.64. The van der Waals surface area contributed by atoms with Gasteiger partial charge in [0.15, 0.2) is 5.76 Å². The topological polar surface area (TPSA) is 75.4 Å². The third kappa shape index (κ3) is 4.00. The minimum absolute atomic E-state index is 0.0141. The largest absolute Gasteiger partial charge is 0.360 e. The summed E-state index contributed by atoms with van der Waals surface area (Å²) in [6, 6.07) is 4.04. The van der Waals surface area contributed by atoms with Crippen LogP contribution in [0.5, 0.6) is 0 Å². The highest BCUT2D eigenvalue weighted by atomic mass is 32.2. The second-order valence-corrected chi connectivity index (χ2v) is 7.94. The smallest absolute Gasteiger partial charge is 0.246 e. The van der Waals surface area contributed by atoms with E-state index in [-0.39, 0.29) is 10.9 Å². The van der Waals surface area contributed by atoms with Gasteiger partial charge in [-0.05, 0) is 38.4 Å². The highest BCUT2D eigenvalue weighted by molar-refractivity contribution is 7.89. The zero-order valence-corrected chi connectivity index (χ0v) is 15.5. The first kappa shape index (κ1) is 18.1. The van der Waals surface area contributed by atoms with Crippen LogP contribution in [0.2, 0.25) is 0 Å². The molecule has 23 heavy (non-hydrogen) atoms. The van der Waals surface area contributed by atoms with Gasteiger partial charge in [0.05, 0.1) is 6.04 Å². The van der Waals surface area contributed by atoms with Crippen molar-refractivity contribution >= 4 is 21.4 Å². The Labute approximate surface area is 141 Å². The Hall–Kier alpha value is -1.22. The van der Waals surface area contributed by atoms with Crippen molar-refractivity contribution in [3.8, 4) is 0 Å². The highest BCUT2D eigenvalue weighted by Gasteiger charge is 2.27. The van der Waals surface area contributed by atoms with E-state index in [9.17, 15) is 8.42 Å². The number of hydrogen-bond donors (Lipinski definition) is 1. The number of nitrogens with zero attached hydrogens (tertiary/aromatic N) is 2. The second-order valence-electron chi connectivity index (χ2n) is 5.26. The number of sulfonamides is 1. The maximum atomic E-state index is 12.6. The van der Waals surface area contributed by atoms with E-state index in [0.29, 0.717) is 18.0 Å². The van der Waals surface area contributed by atoms with E-state index < -0.39 is 10.0 Å². The summed E-state index contributed by atoms with van der Waals surface area (Å²) in [7, 11) is -3.64. The molecule has 0 amide bonds. The van der Waals surface area contributed by atoms with Crippen LogP contribution in [0, 0.1) is 13.8 Å². The summed E-state index contributed by atoms with van der Waals surface area (Å²) in [5.74, 6) is 0.311. The van der Waals surface area contributed by atoms with E-state index in [2.05, 4.69) is 28.6 Å². The van der Waals surface area contributed by atoms with Crippen molar-refractivity contribution in [1.29, 1.82) is 0 Å². The van der Waals surface area contributed by atoms with Crippen LogP contribution in [0.25, 0.3) is 0 Å². The van der Waals surface area contributed by atoms with Crippen molar-refractivity contribution in [3.63, 3.8) is 0 Å². The molecule has 1 unspecified atom stereocenters. The van der Waals surface area contributed by atoms with E-state index in [1.807, 2.05) is 17.5 Å². The molecule has 0 spiro atoms. The molecule has 0 aliphatic heterocycles. The zero-order chi connectivity index (χ0) is 17.0. The fourth-order valence-electron chi connectivity index (χ4n) is 2.67. The molecule has 128 valence electrons. The van der Waals surface area contributed by atoms with E-state index in [1.54, 1.807) is 25.2 Å². The van der Waals surface area contributed by atoms with Crippen LogP contribution in [0.3, 0.4) is 0 Å². The number of aryl methyl sites for hydroxylation is 2. The second kappa shape index (κ2) is 7.57. The van der Waals surface area contributed by atoms with Crippen molar-refractivity contribution < 1.29 is 12.9 Å². The predicted molar refractivity (Wildman–Crippen MR) is 91.1 cm³/mol. The lowest BCUT2D eigenvalue weighted by Gasteiger charge is -2.29. The number of rotatable bonds is 8. The molecule has 1 atom stereocenters. The molecule has 0 saturated carbocycles. The molecule has 0 aromatic carbocycles. The number of hydrogen-bond acceptors (Lipinski definition) is 6. The quantitative estimate of drug-likeness (QED) is 0.786. The van der Waals surface area contributed by atoms with Crippen LogP contribution in [0.15, 0.2) is 26.9 Å². The average Bonchev–Trinajstić information content (AvgIpc) is 3.13. The van der Waals surface area contributed by atoms with Crippen LogP contribution in [0.4, 0.5) is 0 Å². The molecule has 0 fully saturated rings. The van der Waals surface area contributed by atoms with Crippen molar-refractivity contribution in [2.45, 2.75) is 38.6 Å². The SMILES string of the molecule is CCN(CC)C(CNS(=O)(=O)c1c(C)noc1C)c1cccs1. The van der Waals surface area contributed by atoms with Gasteiger partial charge in [0.2, 0.25) is 10.0 Å². The summed E-state index contributed by atoms with van der Waals surface area (Å²) in [5, 5.41) is 5.73. The van der Waals surface area contributed by atoms with Gasteiger partial charge in [-0.2, -0.15) is 0 Å². The highest BCUT2D eigenvalue weighted by Crippen LogP contribution is 2.25. The van der Waals surface area contributed by atoms with Gasteiger partial charge >= 0.3 is 0 Å². The van der Waals surface area contributed by atoms with E-state index >= 15 is 0 Å². The van der Waals surface area contributed by atoms with Crippen molar-refractivity contribution in [2.24, 2.45) is 0 Å². The summed E-state index contributed by atoms with van der Waals surface area (Å²) in [6.07, 6.45) is 0. The molecule has 0 radical (unpaired) electrons. The lowest BCUT2D eigenvalue weighted by Crippen LogP contribution is -2.37. The van der Waals surface area contributed by atoms with Gasteiger partial charge in [-0.25, -0.2) is 13.1 Å². The fourth-order valence-corrected chi connectivity index (χ4v) is 4.90. The summed E-state index contributed by atoms with van der Waals surface area (Å²) < 4.78 is 32.9. The third-order valence-corrected chi connectivity index (χ3v) is 6.47. The Morgan fingerprint density at radius 3 is 2.52 bits per heavy atom. The minimum Gasteiger partial charge on any atom is -0.360 e. The van der Waals surface area contributed by atoms with E-state index in [4.69, 9.17) is 4.52 Å². The van der Waals surface area contributed by atoms with E-state index in [1.165, 1.54) is 0 Å². The molecular weight excluding hydrogens is 334 g/mol. The van der Waals surface area contributed by atoms with Crippen LogP contribution >= 0.6 is 11.3 Å². The average molecular weight is 358 g/mol. The monoisotopic (exact) mass is 357 g/mol. The Balaban J connectivity index is 2.21. The molecule has 0 aliphatic carbocycles. The Morgan fingerprint density at radius 1 is 1.35 bits per heavy atom. The third-order valence-electron chi connectivity index (χ3n) is 3.83. The molecule has 2 aromatic heterocycles. The summed E-state index contributed by atoms with van der Waals surface area (Å²) in [6.45, 7) is 9.41. The Kier molecular flexibility index (Phi) is 5.96. The molecule has 6 nitrogen and oxygen atoms in total. The summed E-state index contributed by atoms with van der Waals surface area (Å²) in [5.41, 5.74) is 0.380. The predicted octanol–water partition coefficient (Wildman–Crippen LogP) is 2.71. The van der Waals surface area contributed by atoms with Gasteiger partial charge in [0, 0.05) is 11.4 Å². The maximum absolute atomic E-state index is 12.6. The van der Waals surface area contributed by atoms with E-state index in [0.717, 1.165) is 18.0 Å². The first-order chi connectivity index (χ1) is 10.9. The molecule has 2 heterocycles. The van der Waals surface area contributed by atoms with Crippen LogP contribution in [-0.4, -0.2) is 38.1 Å². The molecule has 2 aromatic rings. The Morgan fingerprint density at radius 2 is 2.04 bits per heavy atom. The summed E-state index contributed by atoms with van der Waals surface area (Å²) >= 11 is 1.64. The maximum Gasteiger partial charge on any atom is 0.246 e. The zero-order valence-electron chi connectivity index (χ0n) is 13.9. The van der Waals surface area contributed by atoms with Gasteiger partial charge in [-0.3, -0.25) is 4.90 Å². The van der Waals surface area contributed by atoms with Gasteiger partial charge in [0.25, 0.3) is 0 Å². The van der Waals surface area contributed by atoms with Gasteiger partial charge in [-0.15, -0.1) is 11.3 Å². The molecule has 0 saturated heterocycles. The Bertz CT molecular complexity index is 700. The molecule has 0 aliphatic rings. The lowest BCUT2D eigenvalue weighted by atomic mass is 10.2. The molecule has 1 N–H and O–H groups in total. The van der Waals surface area contributed by atoms with Crippen LogP contribution in [-0.2, 0) is 10.0 Å².